The van der Waals surface area contributed by atoms with Crippen molar-refractivity contribution in [2.45, 2.75) is 33.1 Å². The predicted octanol–water partition coefficient (Wildman–Crippen LogP) is 0.282. The van der Waals surface area contributed by atoms with Crippen LogP contribution in [-0.2, 0) is 11.2 Å². The first kappa shape index (κ1) is 15.0. The third-order valence-electron chi connectivity index (χ3n) is 2.85. The normalized spacial score (nSPS) is 10.4. The second-order valence-electron chi connectivity index (χ2n) is 4.36. The molecule has 1 rings (SSSR count). The molecule has 0 bridgehead atoms. The zero-order valence-corrected chi connectivity index (χ0v) is 11.4. The van der Waals surface area contributed by atoms with Crippen LogP contribution in [-0.4, -0.2) is 40.0 Å². The van der Waals surface area contributed by atoms with Crippen LogP contribution in [0.15, 0.2) is 0 Å². The largest absolute Gasteiger partial charge is 0.395 e. The molecule has 1 heterocycles. The van der Waals surface area contributed by atoms with E-state index in [-0.39, 0.29) is 18.1 Å². The summed E-state index contributed by atoms with van der Waals surface area (Å²) in [4.78, 5) is 24.7. The number of nitrogens with zero attached hydrogens (tertiary/aromatic N) is 2. The number of hydrogen-bond acceptors (Lipinski definition) is 4. The molecule has 0 spiro atoms. The van der Waals surface area contributed by atoms with Crippen molar-refractivity contribution in [3.63, 3.8) is 0 Å². The van der Waals surface area contributed by atoms with Crippen molar-refractivity contribution in [3.05, 3.63) is 11.4 Å². The van der Waals surface area contributed by atoms with Crippen molar-refractivity contribution in [1.29, 1.82) is 0 Å². The van der Waals surface area contributed by atoms with E-state index in [2.05, 4.69) is 10.2 Å². The van der Waals surface area contributed by atoms with E-state index in [9.17, 15) is 9.59 Å². The molecule has 0 aliphatic carbocycles. The molecule has 2 amide bonds. The minimum Gasteiger partial charge on any atom is -0.395 e. The van der Waals surface area contributed by atoms with Gasteiger partial charge in [0, 0.05) is 6.54 Å². The highest BCUT2D eigenvalue weighted by molar-refractivity contribution is 5.99. The average molecular weight is 267 g/mol. The molecule has 0 radical (unpaired) electrons. The summed E-state index contributed by atoms with van der Waals surface area (Å²) in [7, 11) is 0. The van der Waals surface area contributed by atoms with Crippen molar-refractivity contribution in [3.8, 4) is 0 Å². The Bertz CT molecular complexity index is 455. The Morgan fingerprint density at radius 3 is 2.53 bits per heavy atom. The van der Waals surface area contributed by atoms with E-state index in [0.717, 1.165) is 18.5 Å². The summed E-state index contributed by atoms with van der Waals surface area (Å²) in [5.41, 5.74) is 12.2. The number of rotatable bonds is 7. The van der Waals surface area contributed by atoms with Crippen LogP contribution < -0.4 is 11.5 Å². The van der Waals surface area contributed by atoms with Crippen LogP contribution >= 0.6 is 0 Å². The van der Waals surface area contributed by atoms with Gasteiger partial charge in [0.05, 0.1) is 17.9 Å². The lowest BCUT2D eigenvalue weighted by molar-refractivity contribution is -0.118. The van der Waals surface area contributed by atoms with Crippen LogP contribution in [0.2, 0.25) is 0 Å². The van der Waals surface area contributed by atoms with Crippen molar-refractivity contribution in [1.82, 2.24) is 15.1 Å². The summed E-state index contributed by atoms with van der Waals surface area (Å²) in [5.74, 6) is -0.907. The van der Waals surface area contributed by atoms with E-state index in [1.807, 2.05) is 13.8 Å². The molecule has 1 aromatic heterocycles. The Morgan fingerprint density at radius 1 is 1.37 bits per heavy atom. The number of amides is 2. The fraction of sp³-hybridized carbons (Fsp3) is 0.583. The number of aryl methyl sites for hydroxylation is 1. The number of nitrogen functional groups attached to an aromatic ring is 1. The summed E-state index contributed by atoms with van der Waals surface area (Å²) in [5, 5.41) is 6.66. The maximum Gasteiger partial charge on any atom is 0.276 e. The smallest absolute Gasteiger partial charge is 0.276 e. The summed E-state index contributed by atoms with van der Waals surface area (Å²) in [6.45, 7) is 4.26. The van der Waals surface area contributed by atoms with E-state index in [1.165, 1.54) is 4.90 Å². The SMILES string of the molecule is CCCCN(CC(N)=O)C(=O)c1n[nH]c(CC)c1N. The van der Waals surface area contributed by atoms with Crippen molar-refractivity contribution < 1.29 is 9.59 Å². The fourth-order valence-corrected chi connectivity index (χ4v) is 1.76. The van der Waals surface area contributed by atoms with Crippen LogP contribution in [0.3, 0.4) is 0 Å². The van der Waals surface area contributed by atoms with Gasteiger partial charge >= 0.3 is 0 Å². The van der Waals surface area contributed by atoms with Gasteiger partial charge in [-0.25, -0.2) is 0 Å². The van der Waals surface area contributed by atoms with Gasteiger partial charge in [0.1, 0.15) is 0 Å². The molecule has 5 N–H and O–H groups in total. The lowest BCUT2D eigenvalue weighted by Crippen LogP contribution is -2.39. The topological polar surface area (TPSA) is 118 Å². The molecule has 1 aromatic rings. The summed E-state index contributed by atoms with van der Waals surface area (Å²) in [6.07, 6.45) is 2.37. The minimum atomic E-state index is -0.547. The molecule has 0 aliphatic rings. The fourth-order valence-electron chi connectivity index (χ4n) is 1.76. The number of nitrogens with one attached hydrogen (secondary N) is 1. The zero-order chi connectivity index (χ0) is 14.4. The lowest BCUT2D eigenvalue weighted by atomic mass is 10.2. The first-order valence-corrected chi connectivity index (χ1v) is 6.41. The first-order chi connectivity index (χ1) is 9.01. The molecular formula is C12H21N5O2. The highest BCUT2D eigenvalue weighted by atomic mass is 16.2. The molecular weight excluding hydrogens is 246 g/mol. The number of anilines is 1. The Kier molecular flexibility index (Phi) is 5.35. The Balaban J connectivity index is 2.90. The molecule has 0 atom stereocenters. The van der Waals surface area contributed by atoms with Gasteiger partial charge in [0.2, 0.25) is 5.91 Å². The quantitative estimate of drug-likeness (QED) is 0.657. The summed E-state index contributed by atoms with van der Waals surface area (Å²) in [6, 6.07) is 0. The summed E-state index contributed by atoms with van der Waals surface area (Å²) >= 11 is 0. The molecule has 0 unspecified atom stereocenters. The van der Waals surface area contributed by atoms with Gasteiger partial charge in [-0.3, -0.25) is 14.7 Å². The van der Waals surface area contributed by atoms with Gasteiger partial charge in [-0.2, -0.15) is 5.10 Å². The molecule has 0 saturated heterocycles. The number of nitrogens with two attached hydrogens (primary N) is 2. The first-order valence-electron chi connectivity index (χ1n) is 6.41. The van der Waals surface area contributed by atoms with E-state index in [4.69, 9.17) is 11.5 Å². The summed E-state index contributed by atoms with van der Waals surface area (Å²) < 4.78 is 0. The number of carbonyl (C=O) groups excluding carboxylic acids is 2. The van der Waals surface area contributed by atoms with Gasteiger partial charge in [-0.15, -0.1) is 0 Å². The Morgan fingerprint density at radius 2 is 2.05 bits per heavy atom. The molecule has 0 aromatic carbocycles. The number of aromatic nitrogens is 2. The molecule has 7 heteroatoms. The number of carbonyl (C=O) groups is 2. The lowest BCUT2D eigenvalue weighted by Gasteiger charge is -2.20. The highest BCUT2D eigenvalue weighted by Gasteiger charge is 2.23. The second kappa shape index (κ2) is 6.77. The Labute approximate surface area is 112 Å². The molecule has 7 nitrogen and oxygen atoms in total. The maximum absolute atomic E-state index is 12.3. The zero-order valence-electron chi connectivity index (χ0n) is 11.4. The van der Waals surface area contributed by atoms with Crippen LogP contribution in [0.4, 0.5) is 5.69 Å². The third-order valence-corrected chi connectivity index (χ3v) is 2.85. The van der Waals surface area contributed by atoms with Crippen LogP contribution in [0.5, 0.6) is 0 Å². The van der Waals surface area contributed by atoms with Gasteiger partial charge in [-0.1, -0.05) is 20.3 Å². The highest BCUT2D eigenvalue weighted by Crippen LogP contribution is 2.16. The van der Waals surface area contributed by atoms with Crippen LogP contribution in [0, 0.1) is 0 Å². The standard InChI is InChI=1S/C12H21N5O2/c1-3-5-6-17(7-9(13)18)12(19)11-10(14)8(4-2)15-16-11/h3-7,14H2,1-2H3,(H2,13,18)(H,15,16). The Hall–Kier alpha value is -2.05. The average Bonchev–Trinajstić information content (AvgIpc) is 2.74. The van der Waals surface area contributed by atoms with E-state index in [1.54, 1.807) is 0 Å². The third kappa shape index (κ3) is 3.70. The molecule has 0 saturated carbocycles. The van der Waals surface area contributed by atoms with Gasteiger partial charge in [0.25, 0.3) is 5.91 Å². The molecule has 19 heavy (non-hydrogen) atoms. The number of primary amides is 1. The van der Waals surface area contributed by atoms with Crippen LogP contribution in [0.25, 0.3) is 0 Å². The maximum atomic E-state index is 12.3. The number of hydrogen-bond donors (Lipinski definition) is 3. The monoisotopic (exact) mass is 267 g/mol. The predicted molar refractivity (Wildman–Crippen MR) is 72.4 cm³/mol. The van der Waals surface area contributed by atoms with E-state index in [0.29, 0.717) is 18.7 Å². The number of aromatic amines is 1. The van der Waals surface area contributed by atoms with E-state index < -0.39 is 5.91 Å². The van der Waals surface area contributed by atoms with Gasteiger partial charge in [-0.05, 0) is 12.8 Å². The molecule has 0 fully saturated rings. The van der Waals surface area contributed by atoms with Gasteiger partial charge < -0.3 is 16.4 Å². The van der Waals surface area contributed by atoms with Crippen molar-refractivity contribution in [2.24, 2.45) is 5.73 Å². The second-order valence-corrected chi connectivity index (χ2v) is 4.36. The van der Waals surface area contributed by atoms with Gasteiger partial charge in [0.15, 0.2) is 5.69 Å². The van der Waals surface area contributed by atoms with Crippen LogP contribution in [0.1, 0.15) is 42.9 Å². The van der Waals surface area contributed by atoms with Crippen molar-refractivity contribution >= 4 is 17.5 Å². The van der Waals surface area contributed by atoms with E-state index >= 15 is 0 Å². The minimum absolute atomic E-state index is 0.118. The molecule has 106 valence electrons. The number of unbranched alkanes of at least 4 members (excludes halogenated alkanes) is 1. The number of H-pyrrole nitrogens is 1. The van der Waals surface area contributed by atoms with Crippen molar-refractivity contribution in [2.75, 3.05) is 18.8 Å². The molecule has 0 aliphatic heterocycles.